The largest absolute Gasteiger partial charge is 0.461 e. The van der Waals surface area contributed by atoms with Gasteiger partial charge in [-0.1, -0.05) is 17.7 Å². The van der Waals surface area contributed by atoms with Gasteiger partial charge in [-0.25, -0.2) is 17.4 Å². The van der Waals surface area contributed by atoms with E-state index in [9.17, 15) is 34.9 Å². The molecule has 0 spiro atoms. The standard InChI is InChI=1S/C25H22ClF7N2O2S/c1-23(2,38(34)36)13-24(21-6-4-16(26)12-35-21,11-14-3-5-19(28)20(29)7-14)15-8-17(27)10-18(9-15)37-25(32,33)22(30)31/h3-10,12,22H,11,13,34H2,1-2H3/t24-,38?/m0/s1. The first-order chi connectivity index (χ1) is 17.6. The first-order valence-corrected chi connectivity index (χ1v) is 12.5. The Morgan fingerprint density at radius 3 is 2.26 bits per heavy atom. The Hall–Kier alpha value is -2.70. The van der Waals surface area contributed by atoms with Crippen LogP contribution in [-0.2, 0) is 22.8 Å². The summed E-state index contributed by atoms with van der Waals surface area (Å²) in [5.74, 6) is -4.39. The number of benzene rings is 2. The number of nitrogens with two attached hydrogens (primary N) is 1. The summed E-state index contributed by atoms with van der Waals surface area (Å²) in [6.07, 6.45) is -8.37. The molecule has 3 rings (SSSR count). The van der Waals surface area contributed by atoms with Gasteiger partial charge in [-0.3, -0.25) is 10.1 Å². The van der Waals surface area contributed by atoms with Crippen LogP contribution in [0.2, 0.25) is 5.02 Å². The van der Waals surface area contributed by atoms with Crippen LogP contribution in [0.25, 0.3) is 0 Å². The highest BCUT2D eigenvalue weighted by molar-refractivity contribution is 7.84. The highest BCUT2D eigenvalue weighted by Gasteiger charge is 2.46. The van der Waals surface area contributed by atoms with Crippen LogP contribution in [0, 0.1) is 17.5 Å². The zero-order valence-corrected chi connectivity index (χ0v) is 21.5. The van der Waals surface area contributed by atoms with Crippen LogP contribution < -0.4 is 9.88 Å². The molecule has 3 aromatic rings. The highest BCUT2D eigenvalue weighted by Crippen LogP contribution is 2.45. The van der Waals surface area contributed by atoms with Gasteiger partial charge in [0.1, 0.15) is 11.6 Å². The average molecular weight is 583 g/mol. The molecular weight excluding hydrogens is 561 g/mol. The minimum absolute atomic E-state index is 0.115. The van der Waals surface area contributed by atoms with Gasteiger partial charge in [0.05, 0.1) is 26.4 Å². The second-order valence-corrected chi connectivity index (χ2v) is 11.4. The topological polar surface area (TPSA) is 65.2 Å². The number of alkyl halides is 4. The first kappa shape index (κ1) is 29.9. The van der Waals surface area contributed by atoms with Gasteiger partial charge in [0.15, 0.2) is 11.6 Å². The zero-order chi connectivity index (χ0) is 28.5. The second kappa shape index (κ2) is 11.2. The number of halogens is 8. The van der Waals surface area contributed by atoms with Crippen molar-refractivity contribution in [1.82, 2.24) is 4.98 Å². The molecule has 0 saturated carbocycles. The fraction of sp³-hybridized carbons (Fsp3) is 0.320. The molecule has 38 heavy (non-hydrogen) atoms. The number of aromatic nitrogens is 1. The van der Waals surface area contributed by atoms with Crippen LogP contribution in [-0.4, -0.2) is 26.5 Å². The minimum atomic E-state index is -4.94. The van der Waals surface area contributed by atoms with Gasteiger partial charge in [0, 0.05) is 17.7 Å². The Balaban J connectivity index is 2.34. The maximum Gasteiger partial charge on any atom is 0.461 e. The monoisotopic (exact) mass is 582 g/mol. The number of rotatable bonds is 10. The molecule has 0 aliphatic rings. The molecule has 0 aliphatic heterocycles. The second-order valence-electron chi connectivity index (χ2n) is 9.24. The fourth-order valence-electron chi connectivity index (χ4n) is 4.15. The third-order valence-corrected chi connectivity index (χ3v) is 7.37. The lowest BCUT2D eigenvalue weighted by Gasteiger charge is -2.40. The third-order valence-electron chi connectivity index (χ3n) is 5.91. The van der Waals surface area contributed by atoms with Gasteiger partial charge in [-0.15, -0.1) is 0 Å². The summed E-state index contributed by atoms with van der Waals surface area (Å²) in [6, 6.07) is 8.17. The molecule has 0 fully saturated rings. The van der Waals surface area contributed by atoms with Crippen molar-refractivity contribution in [2.75, 3.05) is 0 Å². The van der Waals surface area contributed by atoms with Gasteiger partial charge >= 0.3 is 12.5 Å². The Kier molecular flexibility index (Phi) is 8.79. The molecule has 13 heteroatoms. The van der Waals surface area contributed by atoms with Crippen molar-refractivity contribution in [1.29, 1.82) is 0 Å². The van der Waals surface area contributed by atoms with Crippen LogP contribution in [0.5, 0.6) is 5.75 Å². The summed E-state index contributed by atoms with van der Waals surface area (Å²) >= 11 is 5.99. The maximum atomic E-state index is 14.8. The van der Waals surface area contributed by atoms with E-state index < -0.39 is 56.9 Å². The fourth-order valence-corrected chi connectivity index (χ4v) is 4.65. The first-order valence-electron chi connectivity index (χ1n) is 10.9. The molecule has 1 unspecified atom stereocenters. The van der Waals surface area contributed by atoms with E-state index in [4.69, 9.17) is 16.7 Å². The van der Waals surface area contributed by atoms with Gasteiger partial charge < -0.3 is 4.74 Å². The van der Waals surface area contributed by atoms with E-state index in [1.165, 1.54) is 38.2 Å². The molecule has 2 aromatic carbocycles. The predicted octanol–water partition coefficient (Wildman–Crippen LogP) is 6.71. The molecule has 1 aromatic heterocycles. The van der Waals surface area contributed by atoms with Gasteiger partial charge in [0.25, 0.3) is 0 Å². The number of nitrogens with zero attached hydrogens (tertiary/aromatic N) is 1. The molecule has 4 nitrogen and oxygen atoms in total. The van der Waals surface area contributed by atoms with Crippen molar-refractivity contribution in [2.24, 2.45) is 5.14 Å². The highest BCUT2D eigenvalue weighted by atomic mass is 35.5. The molecule has 0 saturated heterocycles. The van der Waals surface area contributed by atoms with E-state index in [0.29, 0.717) is 6.07 Å². The van der Waals surface area contributed by atoms with Crippen molar-refractivity contribution in [3.05, 3.63) is 94.0 Å². The van der Waals surface area contributed by atoms with Crippen molar-refractivity contribution >= 4 is 22.6 Å². The maximum absolute atomic E-state index is 14.8. The van der Waals surface area contributed by atoms with Crippen LogP contribution in [0.15, 0.2) is 54.7 Å². The van der Waals surface area contributed by atoms with Gasteiger partial charge in [0.2, 0.25) is 0 Å². The summed E-state index contributed by atoms with van der Waals surface area (Å²) < 4.78 is 111. The molecule has 0 amide bonds. The molecule has 0 bridgehead atoms. The quantitative estimate of drug-likeness (QED) is 0.270. The average Bonchev–Trinajstić information content (AvgIpc) is 2.80. The summed E-state index contributed by atoms with van der Waals surface area (Å²) in [6.45, 7) is 3.03. The molecule has 2 atom stereocenters. The van der Waals surface area contributed by atoms with Gasteiger partial charge in [-0.05, 0) is 74.2 Å². The minimum Gasteiger partial charge on any atom is -0.428 e. The van der Waals surface area contributed by atoms with Crippen molar-refractivity contribution < 1.29 is 39.7 Å². The van der Waals surface area contributed by atoms with Crippen LogP contribution in [0.1, 0.15) is 37.1 Å². The summed E-state index contributed by atoms with van der Waals surface area (Å²) in [5.41, 5.74) is -1.41. The summed E-state index contributed by atoms with van der Waals surface area (Å²) in [5, 5.41) is 5.92. The number of hydrogen-bond donors (Lipinski definition) is 1. The summed E-state index contributed by atoms with van der Waals surface area (Å²) in [7, 11) is -2.01. The van der Waals surface area contributed by atoms with E-state index in [0.717, 1.165) is 24.3 Å². The molecule has 206 valence electrons. The van der Waals surface area contributed by atoms with Crippen molar-refractivity contribution in [2.45, 2.75) is 49.4 Å². The van der Waals surface area contributed by atoms with Gasteiger partial charge in [-0.2, -0.15) is 17.6 Å². The van der Waals surface area contributed by atoms with E-state index >= 15 is 0 Å². The molecule has 0 aliphatic carbocycles. The van der Waals surface area contributed by atoms with Crippen LogP contribution in [0.4, 0.5) is 30.7 Å². The predicted molar refractivity (Wildman–Crippen MR) is 129 cm³/mol. The SMILES string of the molecule is CC(C)(C[C@@](Cc1ccc(F)c(F)c1)(c1cc(F)cc(OC(F)(F)C(F)F)c1)c1ccc(Cl)cn1)S(N)=O. The number of hydrogen-bond acceptors (Lipinski definition) is 3. The Morgan fingerprint density at radius 2 is 1.71 bits per heavy atom. The lowest BCUT2D eigenvalue weighted by atomic mass is 9.67. The normalized spacial score (nSPS) is 14.8. The Labute approximate surface area is 221 Å². The molecule has 0 radical (unpaired) electrons. The van der Waals surface area contributed by atoms with Crippen LogP contribution in [0.3, 0.4) is 0 Å². The Bertz CT molecular complexity index is 1330. The van der Waals surface area contributed by atoms with Crippen LogP contribution >= 0.6 is 11.6 Å². The molecule has 1 heterocycles. The van der Waals surface area contributed by atoms with Crippen molar-refractivity contribution in [3.63, 3.8) is 0 Å². The molecule has 2 N–H and O–H groups in total. The summed E-state index contributed by atoms with van der Waals surface area (Å²) in [4.78, 5) is 4.30. The van der Waals surface area contributed by atoms with Crippen molar-refractivity contribution in [3.8, 4) is 5.75 Å². The van der Waals surface area contributed by atoms with E-state index in [1.807, 2.05) is 0 Å². The number of pyridine rings is 1. The van der Waals surface area contributed by atoms with E-state index in [-0.39, 0.29) is 34.7 Å². The smallest absolute Gasteiger partial charge is 0.428 e. The Morgan fingerprint density at radius 1 is 1.03 bits per heavy atom. The molecular formula is C25H22ClF7N2O2S. The zero-order valence-electron chi connectivity index (χ0n) is 20.0. The lowest BCUT2D eigenvalue weighted by molar-refractivity contribution is -0.253. The van der Waals surface area contributed by atoms with E-state index in [1.54, 1.807) is 0 Å². The third kappa shape index (κ3) is 6.65. The lowest BCUT2D eigenvalue weighted by Crippen LogP contribution is -2.43. The van der Waals surface area contributed by atoms with E-state index in [2.05, 4.69) is 9.72 Å². The number of ether oxygens (including phenoxy) is 1.